The van der Waals surface area contributed by atoms with Gasteiger partial charge >= 0.3 is 53.6 Å². The molecule has 4 fully saturated rings. The van der Waals surface area contributed by atoms with E-state index in [1.54, 1.807) is 89.5 Å². The lowest BCUT2D eigenvalue weighted by atomic mass is 9.95. The van der Waals surface area contributed by atoms with Crippen LogP contribution in [0, 0.1) is 72.3 Å². The van der Waals surface area contributed by atoms with Gasteiger partial charge in [-0.25, -0.2) is 69.2 Å². The molecular formula is C93H98F8N20O21S4. The Hall–Kier alpha value is -13.1. The number of anilines is 1. The molecule has 0 aliphatic heterocycles. The molecule has 12 aromatic rings. The van der Waals surface area contributed by atoms with Crippen LogP contribution in [0.1, 0.15) is 171 Å². The molecule has 776 valence electrons. The van der Waals surface area contributed by atoms with Gasteiger partial charge in [0.2, 0.25) is 17.3 Å². The standard InChI is InChI=1S/C25H27F3N4O5S.C23H24F3N5O6S.C23H23FN6O5S.C22H24FN5O5S/c1-15-4-17(7-20(5-15)25(26,27)28)11-32-3-2-18(12-32)24(34)21-10-30-14-31-22(21)8-16-6-19(23(33)9-16)13-37-38(29,35)36;24-23(25,26)16-3-1-13(2-4-16)10-31-6-5-18(30-31)22(34)17-9-28-12-29-19(17)8-14-7-15(21(33)20(14)32)11-37-38(27,35)36;1-2-15-7-14(3-4-19(15)24)11-30-6-5-20(29-30)22(32)18-10-26-13-27-23(18)28-17-8-16(21(31)9-17)12-35-36(25,33)34;23-17-3-1-2-14(7-17)11-28-5-4-19(27-28)22(30)18-10-25-13-26-20(18)8-15-6-16(21(29)9-15)12-33-34(24,31)32/h2-5,7,10,12,14,16,19,23,33H,6,8-9,11,13H2,1H3,(H2,29,35,36);1-6,9,12,14-15,20-21,32-33H,7-8,10-11H2,(H2,27,35,36);1,3-7,10,13,16-17,21,31H,8-9,11-12H2,(H2,25,33,34)(H,26,27,28);1-5,7,10,13,15-16,21,29H,6,8-9,11-12H2,(H2,24,31,32)/t16-,19+,23-;14-,15+,20-,21+;16-,17-,21+;15-,16+,21-/m0010/s1. The maximum Gasteiger partial charge on any atom is 0.416 e. The molecule has 8 aromatic heterocycles. The quantitative estimate of drug-likeness (QED) is 0.0118. The van der Waals surface area contributed by atoms with Gasteiger partial charge in [-0.3, -0.25) is 50.0 Å². The second-order valence-electron chi connectivity index (χ2n) is 35.4. The highest BCUT2D eigenvalue weighted by molar-refractivity contribution is 7.85. The maximum absolute atomic E-state index is 13.6. The van der Waals surface area contributed by atoms with E-state index in [1.165, 1.54) is 102 Å². The Morgan fingerprint density at radius 3 is 1.36 bits per heavy atom. The van der Waals surface area contributed by atoms with Crippen LogP contribution in [0.2, 0.25) is 0 Å². The first-order valence-electron chi connectivity index (χ1n) is 44.7. The SMILES string of the molecule is C#Cc1cc(Cn2ccc(C(=O)c3cncnc3N[C@@H]3C[C@H](COS(N)(=O)=O)[C@@H](O)C3)n2)ccc1F.Cc1cc(Cn2ccc(C(=O)c3cncnc3C[C@@H]3C[C@H](COS(N)(=O)=O)[C@@H](O)C3)c2)cc(C(F)(F)F)c1.NS(=O)(=O)OC[C@H]1C[C@@H](Cc2ncncc2C(=O)c2ccn(Cc3ccc(C(F)(F)F)cc3)n2)[C@H](O)[C@@H]1O.NS(=O)(=O)OC[C@H]1C[C@@H](Cc2ncncc2C(=O)c2ccn(Cc3cccc(F)c3)n2)C[C@@H]1O. The van der Waals surface area contributed by atoms with Crippen LogP contribution in [0.3, 0.4) is 0 Å². The predicted molar refractivity (Wildman–Crippen MR) is 499 cm³/mol. The van der Waals surface area contributed by atoms with Gasteiger partial charge in [-0.1, -0.05) is 47.9 Å². The number of ketones is 4. The minimum Gasteiger partial charge on any atom is -0.393 e. The minimum atomic E-state index is -4.45. The molecule has 0 unspecified atom stereocenters. The molecule has 0 spiro atoms. The van der Waals surface area contributed by atoms with Crippen LogP contribution < -0.4 is 25.9 Å². The van der Waals surface area contributed by atoms with E-state index >= 15 is 0 Å². The fourth-order valence-electron chi connectivity index (χ4n) is 17.6. The Kier molecular flexibility index (Phi) is 35.9. The number of halogens is 8. The number of carbonyl (C=O) groups excluding carboxylic acids is 4. The average Bonchev–Trinajstić information content (AvgIpc) is 1.54. The summed E-state index contributed by atoms with van der Waals surface area (Å²) in [5.41, 5.74) is 4.50. The van der Waals surface area contributed by atoms with Gasteiger partial charge in [-0.15, -0.1) is 6.42 Å². The van der Waals surface area contributed by atoms with Crippen LogP contribution in [0.25, 0.3) is 0 Å². The summed E-state index contributed by atoms with van der Waals surface area (Å²) in [6.07, 6.45) is 13.7. The van der Waals surface area contributed by atoms with Gasteiger partial charge in [0.15, 0.2) is 5.78 Å². The highest BCUT2D eigenvalue weighted by Crippen LogP contribution is 2.40. The highest BCUT2D eigenvalue weighted by atomic mass is 32.2. The van der Waals surface area contributed by atoms with Gasteiger partial charge in [0.25, 0.3) is 0 Å². The lowest BCUT2D eigenvalue weighted by Crippen LogP contribution is -2.31. The van der Waals surface area contributed by atoms with Crippen molar-refractivity contribution in [2.75, 3.05) is 31.7 Å². The summed E-state index contributed by atoms with van der Waals surface area (Å²) < 4.78 is 218. The van der Waals surface area contributed by atoms with E-state index in [2.05, 4.69) is 83.1 Å². The van der Waals surface area contributed by atoms with Gasteiger partial charge in [0, 0.05) is 97.6 Å². The number of aryl methyl sites for hydroxylation is 1. The van der Waals surface area contributed by atoms with Crippen LogP contribution in [-0.4, -0.2) is 219 Å². The van der Waals surface area contributed by atoms with Crippen LogP contribution in [0.15, 0.2) is 190 Å². The molecule has 4 aromatic carbocycles. The Balaban J connectivity index is 0.000000163. The smallest absolute Gasteiger partial charge is 0.393 e. The zero-order valence-electron chi connectivity index (χ0n) is 77.2. The minimum absolute atomic E-state index is 0.0314. The topological polar surface area (TPSA) is 621 Å². The number of carbonyl (C=O) groups is 4. The number of benzene rings is 4. The monoisotopic (exact) mass is 2110 g/mol. The molecule has 16 rings (SSSR count). The molecule has 4 aliphatic carbocycles. The first-order valence-corrected chi connectivity index (χ1v) is 50.6. The lowest BCUT2D eigenvalue weighted by molar-refractivity contribution is -0.138. The Morgan fingerprint density at radius 1 is 0.445 bits per heavy atom. The van der Waals surface area contributed by atoms with Crippen LogP contribution in [0.4, 0.5) is 40.9 Å². The molecular weight excluding hydrogens is 2010 g/mol. The number of nitrogens with zero attached hydrogens (tertiary/aromatic N) is 15. The third-order valence-corrected chi connectivity index (χ3v) is 26.4. The zero-order valence-corrected chi connectivity index (χ0v) is 80.4. The summed E-state index contributed by atoms with van der Waals surface area (Å²) in [5, 5.41) is 87.0. The second kappa shape index (κ2) is 47.6. The van der Waals surface area contributed by atoms with E-state index in [1.807, 2.05) is 0 Å². The molecule has 0 amide bonds. The summed E-state index contributed by atoms with van der Waals surface area (Å²) in [6, 6.07) is 24.9. The van der Waals surface area contributed by atoms with E-state index in [4.69, 9.17) is 27.0 Å². The van der Waals surface area contributed by atoms with E-state index in [-0.39, 0.29) is 139 Å². The lowest BCUT2D eigenvalue weighted by Gasteiger charge is -2.17. The van der Waals surface area contributed by atoms with Gasteiger partial charge in [0.1, 0.15) is 59.8 Å². The van der Waals surface area contributed by atoms with Crippen molar-refractivity contribution in [3.8, 4) is 12.3 Å². The van der Waals surface area contributed by atoms with Crippen molar-refractivity contribution >= 4 is 70.2 Å². The second-order valence-corrected chi connectivity index (χ2v) is 40.3. The summed E-state index contributed by atoms with van der Waals surface area (Å²) >= 11 is 0. The fourth-order valence-corrected chi connectivity index (χ4v) is 19.1. The molecule has 0 radical (unpaired) electrons. The molecule has 41 nitrogen and oxygen atoms in total. The number of hydrogen-bond acceptors (Lipinski definition) is 33. The Bertz CT molecular complexity index is 7210. The van der Waals surface area contributed by atoms with Gasteiger partial charge in [0.05, 0.1) is 133 Å². The number of nitrogens with one attached hydrogen (secondary N) is 1. The third-order valence-electron chi connectivity index (χ3n) is 24.6. The predicted octanol–water partition coefficient (Wildman–Crippen LogP) is 6.21. The van der Waals surface area contributed by atoms with Crippen molar-refractivity contribution < 1.29 is 130 Å². The number of hydrogen-bond donors (Lipinski definition) is 10. The molecule has 146 heavy (non-hydrogen) atoms. The summed E-state index contributed by atoms with van der Waals surface area (Å²) in [4.78, 5) is 85.5. The van der Waals surface area contributed by atoms with Crippen LogP contribution in [0.5, 0.6) is 0 Å². The molecule has 0 bridgehead atoms. The molecule has 53 heteroatoms. The van der Waals surface area contributed by atoms with E-state index in [9.17, 15) is 114 Å². The largest absolute Gasteiger partial charge is 0.416 e. The molecule has 14 N–H and O–H groups in total. The summed E-state index contributed by atoms with van der Waals surface area (Å²) in [7, 11) is -16.5. The van der Waals surface area contributed by atoms with Crippen molar-refractivity contribution in [2.45, 2.75) is 146 Å². The summed E-state index contributed by atoms with van der Waals surface area (Å²) in [6.45, 7) is 1.39. The first kappa shape index (κ1) is 110. The summed E-state index contributed by atoms with van der Waals surface area (Å²) in [5.74, 6) is -2.54. The van der Waals surface area contributed by atoms with Crippen molar-refractivity contribution in [1.82, 2.24) is 73.8 Å². The Morgan fingerprint density at radius 2 is 0.877 bits per heavy atom. The molecule has 13 atom stereocenters. The number of aliphatic hydroxyl groups is 5. The van der Waals surface area contributed by atoms with Crippen molar-refractivity contribution in [3.63, 3.8) is 0 Å². The highest BCUT2D eigenvalue weighted by Gasteiger charge is 2.44. The molecule has 8 heterocycles. The van der Waals surface area contributed by atoms with Gasteiger partial charge in [-0.2, -0.15) is 75.3 Å². The first-order chi connectivity index (χ1) is 68.9. The number of rotatable bonds is 36. The van der Waals surface area contributed by atoms with Gasteiger partial charge in [-0.05, 0) is 184 Å². The van der Waals surface area contributed by atoms with Crippen LogP contribution in [-0.2, 0) is 116 Å². The average molecular weight is 2110 g/mol. The van der Waals surface area contributed by atoms with E-state index in [0.29, 0.717) is 108 Å². The van der Waals surface area contributed by atoms with Crippen molar-refractivity contribution in [1.29, 1.82) is 0 Å². The van der Waals surface area contributed by atoms with Crippen molar-refractivity contribution in [3.05, 3.63) is 308 Å². The maximum atomic E-state index is 13.6. The number of aliphatic hydroxyl groups excluding tert-OH is 5. The fraction of sp³-hybridized carbons (Fsp3) is 0.366. The Labute approximate surface area is 830 Å². The number of alkyl halides is 6. The van der Waals surface area contributed by atoms with Gasteiger partial charge < -0.3 is 35.4 Å². The van der Waals surface area contributed by atoms with E-state index in [0.717, 1.165) is 29.8 Å². The molecule has 4 saturated carbocycles. The molecule has 4 aliphatic rings. The third kappa shape index (κ3) is 31.2. The zero-order chi connectivity index (χ0) is 105. The molecule has 0 saturated heterocycles. The normalized spacial score (nSPS) is 20.6. The number of terminal acetylenes is 1. The van der Waals surface area contributed by atoms with Crippen LogP contribution >= 0.6 is 0 Å². The van der Waals surface area contributed by atoms with E-state index < -0.39 is 143 Å². The number of aromatic nitrogens is 15. The number of nitrogens with two attached hydrogens (primary N) is 4. The van der Waals surface area contributed by atoms with Crippen molar-refractivity contribution in [2.24, 2.45) is 62.0 Å².